The minimum Gasteiger partial charge on any atom is -0.446 e. The number of ether oxygens (including phenoxy) is 1. The number of imide groups is 1. The topological polar surface area (TPSA) is 112 Å². The van der Waals surface area contributed by atoms with E-state index in [0.717, 1.165) is 27.8 Å². The van der Waals surface area contributed by atoms with Gasteiger partial charge in [-0.25, -0.2) is 14.7 Å². The molecule has 0 bridgehead atoms. The van der Waals surface area contributed by atoms with Crippen molar-refractivity contribution in [2.45, 2.75) is 45.3 Å². The first-order valence-electron chi connectivity index (χ1n) is 11.4. The van der Waals surface area contributed by atoms with Crippen LogP contribution < -0.4 is 10.6 Å². The zero-order valence-electron chi connectivity index (χ0n) is 20.0. The van der Waals surface area contributed by atoms with Crippen molar-refractivity contribution in [2.75, 3.05) is 4.90 Å². The second-order valence-corrected chi connectivity index (χ2v) is 9.21. The van der Waals surface area contributed by atoms with Gasteiger partial charge in [0, 0.05) is 5.39 Å². The standard InChI is InChI=1S/C27H28N4O4/c1-27(2,3)35-26(33)31(20-15-19-11-7-8-12-22(19)29-16-20)25(32)23-17-34-24(30-23)21(28)14-13-18-9-5-4-6-10-18/h4-12,15-17,21H,13-14,28H2,1-3H3. The number of pyridine rings is 1. The number of carbonyl (C=O) groups is 2. The number of carbonyl (C=O) groups excluding carboxylic acids is 2. The Balaban J connectivity index is 1.59. The quantitative estimate of drug-likeness (QED) is 0.398. The van der Waals surface area contributed by atoms with E-state index < -0.39 is 23.6 Å². The van der Waals surface area contributed by atoms with Crippen LogP contribution in [0.15, 0.2) is 77.5 Å². The monoisotopic (exact) mass is 472 g/mol. The van der Waals surface area contributed by atoms with E-state index >= 15 is 0 Å². The van der Waals surface area contributed by atoms with Crippen LogP contribution in [0.5, 0.6) is 0 Å². The summed E-state index contributed by atoms with van der Waals surface area (Å²) in [5, 5.41) is 0.773. The zero-order chi connectivity index (χ0) is 25.0. The summed E-state index contributed by atoms with van der Waals surface area (Å²) < 4.78 is 11.0. The number of rotatable bonds is 6. The smallest absolute Gasteiger partial charge is 0.422 e. The van der Waals surface area contributed by atoms with Gasteiger partial charge in [-0.15, -0.1) is 0 Å². The largest absolute Gasteiger partial charge is 0.446 e. The number of benzene rings is 2. The molecule has 0 aliphatic carbocycles. The minimum atomic E-state index is -0.836. The lowest BCUT2D eigenvalue weighted by molar-refractivity contribution is 0.0563. The number of hydrogen-bond acceptors (Lipinski definition) is 7. The number of aryl methyl sites for hydroxylation is 1. The number of para-hydroxylation sites is 1. The molecule has 8 nitrogen and oxygen atoms in total. The highest BCUT2D eigenvalue weighted by molar-refractivity contribution is 6.18. The summed E-state index contributed by atoms with van der Waals surface area (Å²) in [6.45, 7) is 5.18. The van der Waals surface area contributed by atoms with Crippen LogP contribution in [0, 0.1) is 0 Å². The molecule has 35 heavy (non-hydrogen) atoms. The molecule has 0 spiro atoms. The minimum absolute atomic E-state index is 0.0471. The molecule has 2 N–H and O–H groups in total. The first kappa shape index (κ1) is 24.1. The zero-order valence-corrected chi connectivity index (χ0v) is 20.0. The highest BCUT2D eigenvalue weighted by Crippen LogP contribution is 2.25. The fourth-order valence-corrected chi connectivity index (χ4v) is 3.56. The molecule has 0 fully saturated rings. The second kappa shape index (κ2) is 10.1. The molecule has 180 valence electrons. The Labute approximate surface area is 203 Å². The normalized spacial score (nSPS) is 12.3. The third kappa shape index (κ3) is 5.91. The van der Waals surface area contributed by atoms with E-state index in [4.69, 9.17) is 14.9 Å². The van der Waals surface area contributed by atoms with Crippen molar-refractivity contribution in [2.24, 2.45) is 5.73 Å². The molecular formula is C27H28N4O4. The molecule has 2 aromatic heterocycles. The maximum atomic E-state index is 13.5. The van der Waals surface area contributed by atoms with Crippen molar-refractivity contribution in [3.8, 4) is 0 Å². The van der Waals surface area contributed by atoms with Crippen LogP contribution in [0.25, 0.3) is 10.9 Å². The fraction of sp³-hybridized carbons (Fsp3) is 0.259. The maximum Gasteiger partial charge on any atom is 0.422 e. The maximum absolute atomic E-state index is 13.5. The Hall–Kier alpha value is -4.04. The van der Waals surface area contributed by atoms with Gasteiger partial charge in [0.15, 0.2) is 5.69 Å². The average Bonchev–Trinajstić information content (AvgIpc) is 3.33. The number of nitrogens with two attached hydrogens (primary N) is 1. The van der Waals surface area contributed by atoms with E-state index in [1.165, 1.54) is 12.5 Å². The summed E-state index contributed by atoms with van der Waals surface area (Å²) in [6.07, 6.45) is 3.16. The number of nitrogens with zero attached hydrogens (tertiary/aromatic N) is 3. The molecule has 2 aromatic carbocycles. The predicted molar refractivity (Wildman–Crippen MR) is 133 cm³/mol. The lowest BCUT2D eigenvalue weighted by Crippen LogP contribution is -2.41. The van der Waals surface area contributed by atoms with Gasteiger partial charge in [-0.1, -0.05) is 48.5 Å². The summed E-state index contributed by atoms with van der Waals surface area (Å²) in [7, 11) is 0. The SMILES string of the molecule is CC(C)(C)OC(=O)N(C(=O)c1coc(C(N)CCc2ccccc2)n1)c1cnc2ccccc2c1. The molecule has 1 unspecified atom stereocenters. The van der Waals surface area contributed by atoms with Crippen LogP contribution in [-0.2, 0) is 11.2 Å². The third-order valence-corrected chi connectivity index (χ3v) is 5.26. The van der Waals surface area contributed by atoms with Crippen molar-refractivity contribution in [3.05, 3.63) is 90.3 Å². The van der Waals surface area contributed by atoms with Gasteiger partial charge in [0.05, 0.1) is 23.4 Å². The molecule has 0 aliphatic heterocycles. The Morgan fingerprint density at radius 1 is 1.09 bits per heavy atom. The Morgan fingerprint density at radius 3 is 2.54 bits per heavy atom. The molecule has 1 atom stereocenters. The van der Waals surface area contributed by atoms with Gasteiger partial charge >= 0.3 is 6.09 Å². The van der Waals surface area contributed by atoms with E-state index in [2.05, 4.69) is 9.97 Å². The van der Waals surface area contributed by atoms with Crippen molar-refractivity contribution < 1.29 is 18.7 Å². The molecule has 0 aliphatic rings. The van der Waals surface area contributed by atoms with Gasteiger partial charge in [0.25, 0.3) is 5.91 Å². The first-order valence-corrected chi connectivity index (χ1v) is 11.4. The number of amides is 2. The summed E-state index contributed by atoms with van der Waals surface area (Å²) in [4.78, 5) is 36.1. The summed E-state index contributed by atoms with van der Waals surface area (Å²) >= 11 is 0. The first-order chi connectivity index (χ1) is 16.7. The van der Waals surface area contributed by atoms with Gasteiger partial charge in [0.1, 0.15) is 11.9 Å². The van der Waals surface area contributed by atoms with Gasteiger partial charge in [-0.3, -0.25) is 9.78 Å². The predicted octanol–water partition coefficient (Wildman–Crippen LogP) is 5.44. The average molecular weight is 473 g/mol. The summed E-state index contributed by atoms with van der Waals surface area (Å²) in [6, 6.07) is 18.6. The van der Waals surface area contributed by atoms with E-state index in [-0.39, 0.29) is 17.3 Å². The number of aromatic nitrogens is 2. The number of fused-ring (bicyclic) bond motifs is 1. The van der Waals surface area contributed by atoms with Crippen molar-refractivity contribution in [1.82, 2.24) is 9.97 Å². The van der Waals surface area contributed by atoms with Crippen LogP contribution in [-0.4, -0.2) is 27.6 Å². The lowest BCUT2D eigenvalue weighted by Gasteiger charge is -2.25. The second-order valence-electron chi connectivity index (χ2n) is 9.21. The molecule has 2 heterocycles. The number of hydrogen-bond donors (Lipinski definition) is 1. The fourth-order valence-electron chi connectivity index (χ4n) is 3.56. The Morgan fingerprint density at radius 2 is 1.80 bits per heavy atom. The van der Waals surface area contributed by atoms with Gasteiger partial charge in [-0.05, 0) is 51.3 Å². The molecule has 8 heteroatoms. The van der Waals surface area contributed by atoms with Crippen LogP contribution in [0.2, 0.25) is 0 Å². The van der Waals surface area contributed by atoms with Crippen LogP contribution >= 0.6 is 0 Å². The number of oxazole rings is 1. The molecule has 4 aromatic rings. The van der Waals surface area contributed by atoms with Gasteiger partial charge in [0.2, 0.25) is 5.89 Å². The highest BCUT2D eigenvalue weighted by Gasteiger charge is 2.32. The van der Waals surface area contributed by atoms with Crippen LogP contribution in [0.1, 0.15) is 55.2 Å². The van der Waals surface area contributed by atoms with E-state index in [1.807, 2.05) is 54.6 Å². The molecular weight excluding hydrogens is 444 g/mol. The molecule has 4 rings (SSSR count). The number of anilines is 1. The lowest BCUT2D eigenvalue weighted by atomic mass is 10.1. The summed E-state index contributed by atoms with van der Waals surface area (Å²) in [5.41, 5.74) is 7.55. The van der Waals surface area contributed by atoms with E-state index in [9.17, 15) is 9.59 Å². The van der Waals surface area contributed by atoms with Crippen molar-refractivity contribution in [1.29, 1.82) is 0 Å². The van der Waals surface area contributed by atoms with Crippen LogP contribution in [0.4, 0.5) is 10.5 Å². The van der Waals surface area contributed by atoms with E-state index in [1.54, 1.807) is 26.8 Å². The molecule has 2 amide bonds. The van der Waals surface area contributed by atoms with Gasteiger partial charge < -0.3 is 14.9 Å². The van der Waals surface area contributed by atoms with Crippen molar-refractivity contribution in [3.63, 3.8) is 0 Å². The molecule has 0 saturated heterocycles. The highest BCUT2D eigenvalue weighted by atomic mass is 16.6. The van der Waals surface area contributed by atoms with E-state index in [0.29, 0.717) is 6.42 Å². The van der Waals surface area contributed by atoms with Crippen molar-refractivity contribution >= 4 is 28.6 Å². The molecule has 0 radical (unpaired) electrons. The Kier molecular flexibility index (Phi) is 6.93. The third-order valence-electron chi connectivity index (χ3n) is 5.26. The van der Waals surface area contributed by atoms with Gasteiger partial charge in [-0.2, -0.15) is 0 Å². The summed E-state index contributed by atoms with van der Waals surface area (Å²) in [5.74, 6) is -0.466. The Bertz CT molecular complexity index is 1330. The van der Waals surface area contributed by atoms with Crippen LogP contribution in [0.3, 0.4) is 0 Å². The molecule has 0 saturated carbocycles.